The van der Waals surface area contributed by atoms with Gasteiger partial charge in [-0.05, 0) is 43.0 Å². The van der Waals surface area contributed by atoms with Gasteiger partial charge in [-0.2, -0.15) is 0 Å². The number of thiophene rings is 1. The molecule has 7 heteroatoms. The minimum Gasteiger partial charge on any atom is -0.495 e. The fourth-order valence-corrected chi connectivity index (χ4v) is 3.93. The second kappa shape index (κ2) is 7.19. The van der Waals surface area contributed by atoms with Crippen molar-refractivity contribution in [2.45, 2.75) is 24.1 Å². The van der Waals surface area contributed by atoms with Crippen LogP contribution < -0.4 is 10.1 Å². The predicted molar refractivity (Wildman–Crippen MR) is 99.1 cm³/mol. The molecule has 0 bridgehead atoms. The highest BCUT2D eigenvalue weighted by Gasteiger charge is 2.18. The highest BCUT2D eigenvalue weighted by Crippen LogP contribution is 2.31. The third-order valence-electron chi connectivity index (χ3n) is 3.50. The van der Waals surface area contributed by atoms with E-state index >= 15 is 0 Å². The van der Waals surface area contributed by atoms with Gasteiger partial charge in [0.05, 0.1) is 18.0 Å². The van der Waals surface area contributed by atoms with E-state index in [4.69, 9.17) is 4.74 Å². The van der Waals surface area contributed by atoms with Crippen LogP contribution >= 0.6 is 23.1 Å². The van der Waals surface area contributed by atoms with E-state index in [1.54, 1.807) is 18.4 Å². The topological polar surface area (TPSA) is 64.1 Å². The molecule has 0 radical (unpaired) electrons. The number of methoxy groups -OCH3 is 1. The van der Waals surface area contributed by atoms with Crippen molar-refractivity contribution in [3.05, 3.63) is 41.5 Å². The van der Waals surface area contributed by atoms with E-state index in [9.17, 15) is 4.79 Å². The number of ether oxygens (including phenoxy) is 1. The molecule has 0 fully saturated rings. The molecule has 1 amide bonds. The van der Waals surface area contributed by atoms with Crippen molar-refractivity contribution in [2.24, 2.45) is 0 Å². The zero-order valence-electron chi connectivity index (χ0n) is 13.6. The van der Waals surface area contributed by atoms with Gasteiger partial charge in [0.1, 0.15) is 21.9 Å². The minimum absolute atomic E-state index is 0.0918. The van der Waals surface area contributed by atoms with Gasteiger partial charge in [0.25, 0.3) is 0 Å². The van der Waals surface area contributed by atoms with Gasteiger partial charge in [-0.1, -0.05) is 17.8 Å². The largest absolute Gasteiger partial charge is 0.495 e. The third-order valence-corrected chi connectivity index (χ3v) is 5.43. The first-order valence-electron chi connectivity index (χ1n) is 7.39. The average molecular weight is 359 g/mol. The van der Waals surface area contributed by atoms with Crippen molar-refractivity contribution in [2.75, 3.05) is 12.4 Å². The van der Waals surface area contributed by atoms with Gasteiger partial charge in [-0.15, -0.1) is 11.3 Å². The second-order valence-corrected chi connectivity index (χ2v) is 7.50. The number of hydrogen-bond donors (Lipinski definition) is 1. The fourth-order valence-electron chi connectivity index (χ4n) is 2.24. The van der Waals surface area contributed by atoms with Crippen LogP contribution in [-0.4, -0.2) is 28.2 Å². The van der Waals surface area contributed by atoms with Crippen LogP contribution in [0.3, 0.4) is 0 Å². The van der Waals surface area contributed by atoms with Gasteiger partial charge in [-0.25, -0.2) is 9.97 Å². The Balaban J connectivity index is 1.76. The Hall–Kier alpha value is -2.12. The lowest BCUT2D eigenvalue weighted by atomic mass is 10.2. The molecular weight excluding hydrogens is 342 g/mol. The molecule has 0 aliphatic rings. The number of aromatic nitrogens is 2. The van der Waals surface area contributed by atoms with Crippen molar-refractivity contribution in [1.82, 2.24) is 9.97 Å². The molecule has 1 atom stereocenters. The molecule has 0 saturated heterocycles. The highest BCUT2D eigenvalue weighted by molar-refractivity contribution is 8.00. The summed E-state index contributed by atoms with van der Waals surface area (Å²) >= 11 is 2.99. The Morgan fingerprint density at radius 2 is 2.17 bits per heavy atom. The van der Waals surface area contributed by atoms with Gasteiger partial charge in [0.2, 0.25) is 5.91 Å². The van der Waals surface area contributed by atoms with Gasteiger partial charge < -0.3 is 10.1 Å². The van der Waals surface area contributed by atoms with E-state index in [0.717, 1.165) is 20.8 Å². The fraction of sp³-hybridized carbons (Fsp3) is 0.235. The number of nitrogens with one attached hydrogen (secondary N) is 1. The lowest BCUT2D eigenvalue weighted by Crippen LogP contribution is -2.22. The number of nitrogens with zero attached hydrogens (tertiary/aromatic N) is 2. The monoisotopic (exact) mass is 359 g/mol. The molecule has 2 heterocycles. The molecule has 1 N–H and O–H groups in total. The quantitative estimate of drug-likeness (QED) is 0.548. The molecule has 1 aromatic carbocycles. The number of carbonyl (C=O) groups excluding carboxylic acids is 1. The number of rotatable bonds is 5. The van der Waals surface area contributed by atoms with E-state index in [1.807, 2.05) is 43.5 Å². The number of aryl methyl sites for hydroxylation is 1. The van der Waals surface area contributed by atoms with Crippen LogP contribution in [-0.2, 0) is 4.79 Å². The normalized spacial score (nSPS) is 12.1. The molecule has 0 unspecified atom stereocenters. The summed E-state index contributed by atoms with van der Waals surface area (Å²) in [6.07, 6.45) is 1.54. The van der Waals surface area contributed by atoms with Crippen molar-refractivity contribution in [1.29, 1.82) is 0 Å². The molecule has 2 aromatic heterocycles. The number of thioether (sulfide) groups is 1. The number of anilines is 1. The molecule has 0 aliphatic carbocycles. The van der Waals surface area contributed by atoms with Crippen molar-refractivity contribution < 1.29 is 9.53 Å². The molecule has 5 nitrogen and oxygen atoms in total. The van der Waals surface area contributed by atoms with Crippen LogP contribution in [0.2, 0.25) is 0 Å². The predicted octanol–water partition coefficient (Wildman–Crippen LogP) is 4.13. The van der Waals surface area contributed by atoms with Crippen LogP contribution in [0.4, 0.5) is 5.69 Å². The summed E-state index contributed by atoms with van der Waals surface area (Å²) in [6.45, 7) is 3.84. The first kappa shape index (κ1) is 16.7. The Morgan fingerprint density at radius 1 is 1.33 bits per heavy atom. The zero-order chi connectivity index (χ0) is 17.1. The Kier molecular flexibility index (Phi) is 5.01. The maximum Gasteiger partial charge on any atom is 0.237 e. The smallest absolute Gasteiger partial charge is 0.237 e. The van der Waals surface area contributed by atoms with Crippen LogP contribution in [0.15, 0.2) is 41.0 Å². The van der Waals surface area contributed by atoms with Gasteiger partial charge in [0, 0.05) is 5.39 Å². The molecule has 3 aromatic rings. The minimum atomic E-state index is -0.298. The van der Waals surface area contributed by atoms with Crippen molar-refractivity contribution in [3.63, 3.8) is 0 Å². The summed E-state index contributed by atoms with van der Waals surface area (Å²) in [7, 11) is 1.59. The van der Waals surface area contributed by atoms with Gasteiger partial charge in [-0.3, -0.25) is 4.79 Å². The standard InChI is InChI=1S/C17H17N3O2S2/c1-10-4-5-14(22-3)13(8-10)20-15(21)11(2)24-17-12-6-7-23-16(12)18-9-19-17/h4-9,11H,1-3H3,(H,20,21)/t11-/m1/s1. The van der Waals surface area contributed by atoms with Crippen LogP contribution in [0.1, 0.15) is 12.5 Å². The number of carbonyl (C=O) groups is 1. The number of amides is 1. The maximum absolute atomic E-state index is 12.5. The summed E-state index contributed by atoms with van der Waals surface area (Å²) in [6, 6.07) is 7.68. The van der Waals surface area contributed by atoms with Crippen LogP contribution in [0, 0.1) is 6.92 Å². The zero-order valence-corrected chi connectivity index (χ0v) is 15.2. The van der Waals surface area contributed by atoms with E-state index < -0.39 is 0 Å². The summed E-state index contributed by atoms with van der Waals surface area (Å²) in [5, 5.41) is 6.42. The van der Waals surface area contributed by atoms with E-state index in [-0.39, 0.29) is 11.2 Å². The Bertz CT molecular complexity index is 879. The summed E-state index contributed by atoms with van der Waals surface area (Å²) in [5.74, 6) is 0.555. The van der Waals surface area contributed by atoms with E-state index in [1.165, 1.54) is 18.1 Å². The number of benzene rings is 1. The highest BCUT2D eigenvalue weighted by atomic mass is 32.2. The SMILES string of the molecule is COc1ccc(C)cc1NC(=O)[C@@H](C)Sc1ncnc2sccc12. The molecule has 0 spiro atoms. The lowest BCUT2D eigenvalue weighted by Gasteiger charge is -2.14. The number of fused-ring (bicyclic) bond motifs is 1. The van der Waals surface area contributed by atoms with Crippen molar-refractivity contribution in [3.8, 4) is 5.75 Å². The molecule has 0 aliphatic heterocycles. The lowest BCUT2D eigenvalue weighted by molar-refractivity contribution is -0.115. The van der Waals surface area contributed by atoms with Crippen LogP contribution in [0.5, 0.6) is 5.75 Å². The van der Waals surface area contributed by atoms with E-state index in [0.29, 0.717) is 11.4 Å². The number of hydrogen-bond acceptors (Lipinski definition) is 6. The second-order valence-electron chi connectivity index (χ2n) is 5.27. The maximum atomic E-state index is 12.5. The van der Waals surface area contributed by atoms with E-state index in [2.05, 4.69) is 15.3 Å². The first-order chi connectivity index (χ1) is 11.6. The molecule has 124 valence electrons. The first-order valence-corrected chi connectivity index (χ1v) is 9.15. The molecular formula is C17H17N3O2S2. The Labute approximate surface area is 148 Å². The molecule has 3 rings (SSSR count). The summed E-state index contributed by atoms with van der Waals surface area (Å²) < 4.78 is 5.31. The Morgan fingerprint density at radius 3 is 2.96 bits per heavy atom. The summed E-state index contributed by atoms with van der Waals surface area (Å²) in [4.78, 5) is 22.0. The van der Waals surface area contributed by atoms with Gasteiger partial charge in [0.15, 0.2) is 0 Å². The average Bonchev–Trinajstić information content (AvgIpc) is 3.04. The molecule has 0 saturated carbocycles. The van der Waals surface area contributed by atoms with Crippen molar-refractivity contribution >= 4 is 44.9 Å². The third kappa shape index (κ3) is 3.52. The van der Waals surface area contributed by atoms with Crippen LogP contribution in [0.25, 0.3) is 10.2 Å². The molecule has 24 heavy (non-hydrogen) atoms. The van der Waals surface area contributed by atoms with Gasteiger partial charge >= 0.3 is 0 Å². The summed E-state index contributed by atoms with van der Waals surface area (Å²) in [5.41, 5.74) is 1.74.